The highest BCUT2D eigenvalue weighted by atomic mass is 16.5. The molecule has 7 nitrogen and oxygen atoms in total. The first-order valence-electron chi connectivity index (χ1n) is 12.3. The molecular weight excluding hydrogens is 484 g/mol. The van der Waals surface area contributed by atoms with Crippen molar-refractivity contribution in [3.63, 3.8) is 0 Å². The summed E-state index contributed by atoms with van der Waals surface area (Å²) in [5, 5.41) is 29.8. The minimum Gasteiger partial charge on any atom is -0.508 e. The summed E-state index contributed by atoms with van der Waals surface area (Å²) in [6.45, 7) is 0. The van der Waals surface area contributed by atoms with Gasteiger partial charge in [-0.2, -0.15) is 0 Å². The molecule has 0 amide bonds. The first-order chi connectivity index (χ1) is 18.4. The Balaban J connectivity index is 1.55. The average molecular weight is 517 g/mol. The second-order valence-electron chi connectivity index (χ2n) is 8.96. The van der Waals surface area contributed by atoms with Crippen LogP contribution in [0.25, 0.3) is 0 Å². The Morgan fingerprint density at radius 3 is 1.76 bits per heavy atom. The zero-order chi connectivity index (χ0) is 27.1. The SMILES string of the molecule is COc1cccc(CCc2cc(Oc3cc(O)cc(CCc4cc(O)cc(O)c4)c3)c(OC)cc2OC)c1. The van der Waals surface area contributed by atoms with Crippen molar-refractivity contribution in [3.8, 4) is 46.0 Å². The van der Waals surface area contributed by atoms with E-state index < -0.39 is 0 Å². The molecule has 4 rings (SSSR count). The van der Waals surface area contributed by atoms with E-state index in [1.54, 1.807) is 51.7 Å². The quantitative estimate of drug-likeness (QED) is 0.219. The minimum atomic E-state index is 0.00809. The highest BCUT2D eigenvalue weighted by molar-refractivity contribution is 5.53. The first-order valence-corrected chi connectivity index (χ1v) is 12.3. The van der Waals surface area contributed by atoms with Gasteiger partial charge in [0, 0.05) is 18.2 Å². The van der Waals surface area contributed by atoms with E-state index in [2.05, 4.69) is 6.07 Å². The Hall–Kier alpha value is -4.52. The number of rotatable bonds is 11. The molecule has 38 heavy (non-hydrogen) atoms. The fourth-order valence-corrected chi connectivity index (χ4v) is 4.38. The molecule has 0 saturated carbocycles. The number of phenolic OH excluding ortho intramolecular Hbond substituents is 3. The molecule has 0 aliphatic rings. The summed E-state index contributed by atoms with van der Waals surface area (Å²) in [4.78, 5) is 0. The molecule has 0 spiro atoms. The van der Waals surface area contributed by atoms with Crippen LogP contribution < -0.4 is 18.9 Å². The molecule has 0 fully saturated rings. The van der Waals surface area contributed by atoms with E-state index in [1.807, 2.05) is 30.3 Å². The second kappa shape index (κ2) is 12.1. The number of hydrogen-bond acceptors (Lipinski definition) is 7. The van der Waals surface area contributed by atoms with Gasteiger partial charge in [0.25, 0.3) is 0 Å². The third kappa shape index (κ3) is 6.82. The number of aromatic hydroxyl groups is 3. The van der Waals surface area contributed by atoms with E-state index in [-0.39, 0.29) is 17.2 Å². The maximum absolute atomic E-state index is 10.4. The molecule has 0 unspecified atom stereocenters. The van der Waals surface area contributed by atoms with E-state index in [0.717, 1.165) is 34.4 Å². The fraction of sp³-hybridized carbons (Fsp3) is 0.226. The van der Waals surface area contributed by atoms with Crippen molar-refractivity contribution < 1.29 is 34.3 Å². The minimum absolute atomic E-state index is 0.00809. The smallest absolute Gasteiger partial charge is 0.169 e. The molecule has 0 bridgehead atoms. The summed E-state index contributed by atoms with van der Waals surface area (Å²) in [5.41, 5.74) is 3.72. The van der Waals surface area contributed by atoms with Gasteiger partial charge in [0.1, 0.15) is 34.5 Å². The Morgan fingerprint density at radius 1 is 0.500 bits per heavy atom. The lowest BCUT2D eigenvalue weighted by Gasteiger charge is -2.16. The van der Waals surface area contributed by atoms with Crippen molar-refractivity contribution >= 4 is 0 Å². The van der Waals surface area contributed by atoms with Crippen LogP contribution in [0, 0.1) is 0 Å². The average Bonchev–Trinajstić information content (AvgIpc) is 2.90. The molecule has 4 aromatic rings. The van der Waals surface area contributed by atoms with Gasteiger partial charge >= 0.3 is 0 Å². The van der Waals surface area contributed by atoms with Gasteiger partial charge in [0.05, 0.1) is 21.3 Å². The second-order valence-corrected chi connectivity index (χ2v) is 8.96. The van der Waals surface area contributed by atoms with Gasteiger partial charge in [0.2, 0.25) is 0 Å². The number of hydrogen-bond donors (Lipinski definition) is 3. The zero-order valence-corrected chi connectivity index (χ0v) is 21.7. The molecule has 0 aliphatic heterocycles. The number of phenols is 3. The first kappa shape index (κ1) is 26.5. The van der Waals surface area contributed by atoms with Crippen LogP contribution in [0.4, 0.5) is 0 Å². The van der Waals surface area contributed by atoms with Crippen molar-refractivity contribution in [3.05, 3.63) is 95.1 Å². The Bertz CT molecular complexity index is 1380. The molecule has 0 aliphatic carbocycles. The van der Waals surface area contributed by atoms with Crippen LogP contribution in [-0.2, 0) is 25.7 Å². The lowest BCUT2D eigenvalue weighted by molar-refractivity contribution is 0.365. The monoisotopic (exact) mass is 516 g/mol. The van der Waals surface area contributed by atoms with Crippen LogP contribution in [0.15, 0.2) is 72.8 Å². The molecule has 4 aromatic carbocycles. The normalized spacial score (nSPS) is 10.7. The van der Waals surface area contributed by atoms with Crippen molar-refractivity contribution in [2.24, 2.45) is 0 Å². The molecule has 0 atom stereocenters. The molecule has 7 heteroatoms. The van der Waals surface area contributed by atoms with E-state index in [9.17, 15) is 15.3 Å². The topological polar surface area (TPSA) is 97.6 Å². The lowest BCUT2D eigenvalue weighted by atomic mass is 10.0. The van der Waals surface area contributed by atoms with Gasteiger partial charge in [0.15, 0.2) is 11.5 Å². The summed E-state index contributed by atoms with van der Waals surface area (Å²) in [5.74, 6) is 3.07. The third-order valence-electron chi connectivity index (χ3n) is 6.23. The largest absolute Gasteiger partial charge is 0.508 e. The number of aryl methyl sites for hydroxylation is 4. The van der Waals surface area contributed by atoms with E-state index in [0.29, 0.717) is 42.3 Å². The summed E-state index contributed by atoms with van der Waals surface area (Å²) < 4.78 is 22.7. The molecule has 0 aromatic heterocycles. The van der Waals surface area contributed by atoms with E-state index in [4.69, 9.17) is 18.9 Å². The van der Waals surface area contributed by atoms with E-state index >= 15 is 0 Å². The molecule has 0 saturated heterocycles. The van der Waals surface area contributed by atoms with Crippen LogP contribution in [0.1, 0.15) is 22.3 Å². The zero-order valence-electron chi connectivity index (χ0n) is 21.7. The van der Waals surface area contributed by atoms with Gasteiger partial charge in [-0.3, -0.25) is 0 Å². The summed E-state index contributed by atoms with van der Waals surface area (Å²) in [7, 11) is 4.84. The molecule has 0 heterocycles. The third-order valence-corrected chi connectivity index (χ3v) is 6.23. The lowest BCUT2D eigenvalue weighted by Crippen LogP contribution is -1.99. The van der Waals surface area contributed by atoms with Crippen molar-refractivity contribution in [2.75, 3.05) is 21.3 Å². The predicted octanol–water partition coefficient (Wildman–Crippen LogP) is 6.19. The molecule has 3 N–H and O–H groups in total. The Labute approximate surface area is 222 Å². The standard InChI is InChI=1S/C31H32O7/c1-35-27-6-4-5-20(14-27)9-10-23-16-31(30(37-3)19-29(23)36-2)38-28-15-22(13-26(34)18-28)8-7-21-11-24(32)17-25(33)12-21/h4-6,11-19,32-34H,7-10H2,1-3H3. The van der Waals surface area contributed by atoms with Gasteiger partial charge in [-0.1, -0.05) is 12.1 Å². The van der Waals surface area contributed by atoms with Crippen molar-refractivity contribution in [1.82, 2.24) is 0 Å². The summed E-state index contributed by atoms with van der Waals surface area (Å²) in [6.07, 6.45) is 2.61. The van der Waals surface area contributed by atoms with Gasteiger partial charge in [-0.15, -0.1) is 0 Å². The van der Waals surface area contributed by atoms with E-state index in [1.165, 1.54) is 6.07 Å². The number of methoxy groups -OCH3 is 3. The van der Waals surface area contributed by atoms with Crippen LogP contribution in [-0.4, -0.2) is 36.6 Å². The Morgan fingerprint density at radius 2 is 1.11 bits per heavy atom. The molecule has 198 valence electrons. The summed E-state index contributed by atoms with van der Waals surface area (Å²) >= 11 is 0. The van der Waals surface area contributed by atoms with Crippen LogP contribution in [0.2, 0.25) is 0 Å². The van der Waals surface area contributed by atoms with Crippen LogP contribution in [0.3, 0.4) is 0 Å². The van der Waals surface area contributed by atoms with Gasteiger partial charge in [-0.25, -0.2) is 0 Å². The van der Waals surface area contributed by atoms with Crippen LogP contribution in [0.5, 0.6) is 46.0 Å². The van der Waals surface area contributed by atoms with Crippen molar-refractivity contribution in [1.29, 1.82) is 0 Å². The number of ether oxygens (including phenoxy) is 4. The van der Waals surface area contributed by atoms with Crippen molar-refractivity contribution in [2.45, 2.75) is 25.7 Å². The van der Waals surface area contributed by atoms with Gasteiger partial charge in [-0.05, 0) is 90.4 Å². The highest BCUT2D eigenvalue weighted by Crippen LogP contribution is 2.39. The maximum atomic E-state index is 10.4. The highest BCUT2D eigenvalue weighted by Gasteiger charge is 2.15. The summed E-state index contributed by atoms with van der Waals surface area (Å²) in [6, 6.07) is 21.2. The Kier molecular flexibility index (Phi) is 8.48. The van der Waals surface area contributed by atoms with Gasteiger partial charge < -0.3 is 34.3 Å². The molecule has 0 radical (unpaired) electrons. The van der Waals surface area contributed by atoms with Crippen LogP contribution >= 0.6 is 0 Å². The predicted molar refractivity (Wildman–Crippen MR) is 145 cm³/mol. The molecular formula is C31H32O7. The fourth-order valence-electron chi connectivity index (χ4n) is 4.38. The number of benzene rings is 4. The maximum Gasteiger partial charge on any atom is 0.169 e.